The van der Waals surface area contributed by atoms with Gasteiger partial charge in [-0.2, -0.15) is 0 Å². The zero-order valence-corrected chi connectivity index (χ0v) is 27.4. The van der Waals surface area contributed by atoms with Gasteiger partial charge in [-0.3, -0.25) is 4.79 Å². The third-order valence-corrected chi connectivity index (χ3v) is 8.33. The second-order valence-electron chi connectivity index (χ2n) is 12.5. The van der Waals surface area contributed by atoms with Crippen LogP contribution in [0.15, 0.2) is 12.2 Å². The molecule has 3 atom stereocenters. The van der Waals surface area contributed by atoms with E-state index in [1.165, 1.54) is 116 Å². The number of hydrogen-bond donors (Lipinski definition) is 4. The molecule has 0 fully saturated rings. The van der Waals surface area contributed by atoms with Gasteiger partial charge in [-0.25, -0.2) is 0 Å². The van der Waals surface area contributed by atoms with E-state index in [1.54, 1.807) is 0 Å². The summed E-state index contributed by atoms with van der Waals surface area (Å²) >= 11 is 0. The van der Waals surface area contributed by atoms with Crippen molar-refractivity contribution in [3.63, 3.8) is 0 Å². The Kier molecular flexibility index (Phi) is 31.3. The van der Waals surface area contributed by atoms with Gasteiger partial charge in [0, 0.05) is 0 Å². The van der Waals surface area contributed by atoms with Crippen LogP contribution in [0.25, 0.3) is 0 Å². The molecule has 0 radical (unpaired) electrons. The summed E-state index contributed by atoms with van der Waals surface area (Å²) in [5, 5.41) is 33.1. The lowest BCUT2D eigenvalue weighted by Crippen LogP contribution is -2.46. The molecule has 0 saturated carbocycles. The lowest BCUT2D eigenvalue weighted by Gasteiger charge is -2.23. The summed E-state index contributed by atoms with van der Waals surface area (Å²) in [5.41, 5.74) is 0. The number of rotatable bonds is 32. The highest BCUT2D eigenvalue weighted by Crippen LogP contribution is 2.14. The van der Waals surface area contributed by atoms with Crippen molar-refractivity contribution in [1.82, 2.24) is 5.32 Å². The lowest BCUT2D eigenvalue weighted by molar-refractivity contribution is -0.125. The van der Waals surface area contributed by atoms with Crippen molar-refractivity contribution in [2.24, 2.45) is 0 Å². The monoisotopic (exact) mass is 582 g/mol. The molecule has 0 aromatic rings. The summed E-state index contributed by atoms with van der Waals surface area (Å²) in [6.45, 7) is 4.23. The Morgan fingerprint density at radius 2 is 0.976 bits per heavy atom. The quantitative estimate of drug-likeness (QED) is 0.0471. The number of unbranched alkanes of at least 4 members (excludes halogenated alkanes) is 21. The predicted octanol–water partition coefficient (Wildman–Crippen LogP) is 9.31. The fourth-order valence-electron chi connectivity index (χ4n) is 5.51. The third-order valence-electron chi connectivity index (χ3n) is 8.33. The van der Waals surface area contributed by atoms with E-state index >= 15 is 0 Å². The van der Waals surface area contributed by atoms with Gasteiger partial charge in [-0.15, -0.1) is 0 Å². The maximum absolute atomic E-state index is 12.3. The number of amides is 1. The van der Waals surface area contributed by atoms with Crippen LogP contribution in [0.1, 0.15) is 187 Å². The number of aliphatic hydroxyl groups excluding tert-OH is 3. The normalized spacial score (nSPS) is 14.0. The van der Waals surface area contributed by atoms with Crippen molar-refractivity contribution in [2.75, 3.05) is 6.61 Å². The van der Waals surface area contributed by atoms with Crippen molar-refractivity contribution < 1.29 is 20.1 Å². The highest BCUT2D eigenvalue weighted by atomic mass is 16.3. The number of aliphatic hydroxyl groups is 3. The minimum atomic E-state index is -0.747. The number of hydrogen-bond acceptors (Lipinski definition) is 4. The number of carbonyl (C=O) groups excluding carboxylic acids is 1. The van der Waals surface area contributed by atoms with Crippen molar-refractivity contribution in [1.29, 1.82) is 0 Å². The smallest absolute Gasteiger partial charge is 0.222 e. The largest absolute Gasteiger partial charge is 0.394 e. The second-order valence-corrected chi connectivity index (χ2v) is 12.5. The van der Waals surface area contributed by atoms with Gasteiger partial charge in [-0.1, -0.05) is 154 Å². The molecule has 41 heavy (non-hydrogen) atoms. The first-order valence-corrected chi connectivity index (χ1v) is 18.0. The van der Waals surface area contributed by atoms with Crippen molar-refractivity contribution in [3.05, 3.63) is 12.2 Å². The van der Waals surface area contributed by atoms with Crippen LogP contribution in [0.5, 0.6) is 0 Å². The van der Waals surface area contributed by atoms with E-state index in [0.29, 0.717) is 12.8 Å². The molecule has 0 aliphatic rings. The minimum Gasteiger partial charge on any atom is -0.394 e. The molecule has 0 aliphatic heterocycles. The Hall–Kier alpha value is -0.910. The van der Waals surface area contributed by atoms with Gasteiger partial charge >= 0.3 is 0 Å². The standard InChI is InChI=1S/C36H71NO4/c1-3-5-7-9-11-13-15-16-17-18-19-20-21-23-25-27-29-33(39)31-36(41)37-34(32-38)35(40)30-28-26-24-22-14-12-10-8-6-4-2/h19-20,33-35,38-40H,3-18,21-32H2,1-2H3,(H,37,41)/b20-19-. The fraction of sp³-hybridized carbons (Fsp3) is 0.917. The van der Waals surface area contributed by atoms with Gasteiger partial charge in [0.15, 0.2) is 0 Å². The van der Waals surface area contributed by atoms with Crippen LogP contribution < -0.4 is 5.32 Å². The maximum Gasteiger partial charge on any atom is 0.222 e. The summed E-state index contributed by atoms with van der Waals surface area (Å²) in [7, 11) is 0. The van der Waals surface area contributed by atoms with E-state index in [1.807, 2.05) is 0 Å². The van der Waals surface area contributed by atoms with Crippen LogP contribution in [-0.2, 0) is 4.79 Å². The average molecular weight is 582 g/mol. The minimum absolute atomic E-state index is 0.0279. The Morgan fingerprint density at radius 1 is 0.585 bits per heavy atom. The summed E-state index contributed by atoms with van der Waals surface area (Å²) in [5.74, 6) is -0.293. The van der Waals surface area contributed by atoms with E-state index in [2.05, 4.69) is 31.3 Å². The molecule has 0 aromatic carbocycles. The molecule has 4 N–H and O–H groups in total. The maximum atomic E-state index is 12.3. The van der Waals surface area contributed by atoms with Crippen LogP contribution in [0.3, 0.4) is 0 Å². The average Bonchev–Trinajstić information content (AvgIpc) is 2.96. The van der Waals surface area contributed by atoms with Crippen LogP contribution in [-0.4, -0.2) is 46.1 Å². The van der Waals surface area contributed by atoms with Gasteiger partial charge < -0.3 is 20.6 Å². The van der Waals surface area contributed by atoms with E-state index in [9.17, 15) is 20.1 Å². The third kappa shape index (κ3) is 29.0. The number of nitrogens with one attached hydrogen (secondary N) is 1. The summed E-state index contributed by atoms with van der Waals surface area (Å²) in [6, 6.07) is -0.657. The zero-order chi connectivity index (χ0) is 30.2. The van der Waals surface area contributed by atoms with E-state index in [4.69, 9.17) is 0 Å². The lowest BCUT2D eigenvalue weighted by atomic mass is 10.0. The van der Waals surface area contributed by atoms with E-state index in [-0.39, 0.29) is 18.9 Å². The van der Waals surface area contributed by atoms with Crippen LogP contribution >= 0.6 is 0 Å². The molecule has 5 heteroatoms. The van der Waals surface area contributed by atoms with E-state index in [0.717, 1.165) is 38.5 Å². The number of allylic oxidation sites excluding steroid dienone is 2. The predicted molar refractivity (Wildman–Crippen MR) is 176 cm³/mol. The second kappa shape index (κ2) is 32.0. The highest BCUT2D eigenvalue weighted by molar-refractivity contribution is 5.76. The van der Waals surface area contributed by atoms with Gasteiger partial charge in [0.1, 0.15) is 0 Å². The molecule has 0 bridgehead atoms. The highest BCUT2D eigenvalue weighted by Gasteiger charge is 2.21. The molecule has 244 valence electrons. The van der Waals surface area contributed by atoms with Gasteiger partial charge in [0.2, 0.25) is 5.91 Å². The molecular formula is C36H71NO4. The van der Waals surface area contributed by atoms with E-state index < -0.39 is 18.2 Å². The Labute approximate surface area is 255 Å². The molecule has 0 heterocycles. The molecule has 0 rings (SSSR count). The van der Waals surface area contributed by atoms with Crippen LogP contribution in [0.4, 0.5) is 0 Å². The molecule has 0 aliphatic carbocycles. The van der Waals surface area contributed by atoms with Gasteiger partial charge in [-0.05, 0) is 38.5 Å². The fourth-order valence-corrected chi connectivity index (χ4v) is 5.51. The first-order chi connectivity index (χ1) is 20.0. The van der Waals surface area contributed by atoms with Crippen molar-refractivity contribution >= 4 is 5.91 Å². The molecule has 0 saturated heterocycles. The zero-order valence-electron chi connectivity index (χ0n) is 27.4. The van der Waals surface area contributed by atoms with Gasteiger partial charge in [0.05, 0.1) is 31.3 Å². The topological polar surface area (TPSA) is 89.8 Å². The number of carbonyl (C=O) groups is 1. The molecule has 0 aromatic heterocycles. The Morgan fingerprint density at radius 3 is 1.44 bits per heavy atom. The SMILES string of the molecule is CCCCCCCCCCC/C=C\CCCCCC(O)CC(=O)NC(CO)C(O)CCCCCCCCCCCC. The summed E-state index contributed by atoms with van der Waals surface area (Å²) < 4.78 is 0. The Bertz CT molecular complexity index is 568. The summed E-state index contributed by atoms with van der Waals surface area (Å²) in [6.07, 6.45) is 34.5. The van der Waals surface area contributed by atoms with Crippen molar-refractivity contribution in [2.45, 2.75) is 205 Å². The molecular weight excluding hydrogens is 510 g/mol. The molecule has 3 unspecified atom stereocenters. The molecule has 1 amide bonds. The first-order valence-electron chi connectivity index (χ1n) is 18.0. The first kappa shape index (κ1) is 40.1. The van der Waals surface area contributed by atoms with Crippen molar-refractivity contribution in [3.8, 4) is 0 Å². The molecule has 5 nitrogen and oxygen atoms in total. The van der Waals surface area contributed by atoms with Gasteiger partial charge in [0.25, 0.3) is 0 Å². The summed E-state index contributed by atoms with van der Waals surface area (Å²) in [4.78, 5) is 12.3. The Balaban J connectivity index is 3.69. The van der Waals surface area contributed by atoms with Crippen LogP contribution in [0, 0.1) is 0 Å². The van der Waals surface area contributed by atoms with Crippen LogP contribution in [0.2, 0.25) is 0 Å². The molecule has 0 spiro atoms.